The minimum absolute atomic E-state index is 0.0370. The Hall–Kier alpha value is -1.57. The van der Waals surface area contributed by atoms with E-state index in [0.717, 1.165) is 18.1 Å². The molecule has 1 aliphatic heterocycles. The van der Waals surface area contributed by atoms with Crippen molar-refractivity contribution in [2.24, 2.45) is 0 Å². The second kappa shape index (κ2) is 5.38. The molecular formula is C10H14N4O3S. The van der Waals surface area contributed by atoms with Crippen molar-refractivity contribution in [1.82, 2.24) is 19.9 Å². The second-order valence-electron chi connectivity index (χ2n) is 4.12. The molecule has 1 atom stereocenters. The summed E-state index contributed by atoms with van der Waals surface area (Å²) in [4.78, 5) is 24.5. The Morgan fingerprint density at radius 2 is 2.39 bits per heavy atom. The number of amides is 1. The van der Waals surface area contributed by atoms with Crippen LogP contribution >= 0.6 is 11.8 Å². The second-order valence-corrected chi connectivity index (χ2v) is 5.27. The van der Waals surface area contributed by atoms with Gasteiger partial charge in [0.15, 0.2) is 5.69 Å². The van der Waals surface area contributed by atoms with Crippen molar-refractivity contribution in [3.8, 4) is 0 Å². The van der Waals surface area contributed by atoms with E-state index in [-0.39, 0.29) is 24.2 Å². The molecular weight excluding hydrogens is 256 g/mol. The van der Waals surface area contributed by atoms with E-state index >= 15 is 0 Å². The molecule has 0 aromatic carbocycles. The Morgan fingerprint density at radius 3 is 3.00 bits per heavy atom. The fourth-order valence-electron chi connectivity index (χ4n) is 1.80. The Kier molecular flexibility index (Phi) is 3.85. The third-order valence-electron chi connectivity index (χ3n) is 2.74. The van der Waals surface area contributed by atoms with Gasteiger partial charge in [-0.25, -0.2) is 9.48 Å². The third-order valence-corrected chi connectivity index (χ3v) is 3.93. The molecule has 98 valence electrons. The lowest BCUT2D eigenvalue weighted by molar-refractivity contribution is -0.133. The number of carboxylic acids is 1. The first-order chi connectivity index (χ1) is 8.58. The van der Waals surface area contributed by atoms with Crippen LogP contribution in [0, 0.1) is 0 Å². The highest BCUT2D eigenvalue weighted by Crippen LogP contribution is 2.16. The minimum atomic E-state index is -1.14. The number of carbonyl (C=O) groups is 2. The number of rotatable bonds is 3. The highest BCUT2D eigenvalue weighted by Gasteiger charge is 2.24. The van der Waals surface area contributed by atoms with Crippen LogP contribution in [0.3, 0.4) is 0 Å². The van der Waals surface area contributed by atoms with Crippen LogP contribution in [0.2, 0.25) is 0 Å². The van der Waals surface area contributed by atoms with Gasteiger partial charge in [-0.3, -0.25) is 4.79 Å². The molecule has 1 fully saturated rings. The fraction of sp³-hybridized carbons (Fsp3) is 0.600. The van der Waals surface area contributed by atoms with Gasteiger partial charge in [0.2, 0.25) is 5.91 Å². The molecule has 18 heavy (non-hydrogen) atoms. The summed E-state index contributed by atoms with van der Waals surface area (Å²) in [6.45, 7) is 2.77. The predicted octanol–water partition coefficient (Wildman–Crippen LogP) is -0.0598. The highest BCUT2D eigenvalue weighted by atomic mass is 32.2. The molecule has 0 radical (unpaired) electrons. The number of carboxylic acid groups (broad SMARTS) is 1. The molecule has 0 bridgehead atoms. The van der Waals surface area contributed by atoms with Crippen molar-refractivity contribution in [3.05, 3.63) is 11.9 Å². The molecule has 0 spiro atoms. The number of carbonyl (C=O) groups excluding carboxylic acids is 1. The quantitative estimate of drug-likeness (QED) is 0.828. The summed E-state index contributed by atoms with van der Waals surface area (Å²) in [6.07, 6.45) is 1.27. The van der Waals surface area contributed by atoms with Crippen LogP contribution in [-0.2, 0) is 11.3 Å². The van der Waals surface area contributed by atoms with E-state index in [9.17, 15) is 9.59 Å². The molecule has 8 heteroatoms. The molecule has 2 heterocycles. The summed E-state index contributed by atoms with van der Waals surface area (Å²) >= 11 is 1.83. The predicted molar refractivity (Wildman–Crippen MR) is 65.5 cm³/mol. The average Bonchev–Trinajstić information content (AvgIpc) is 2.78. The van der Waals surface area contributed by atoms with Gasteiger partial charge in [-0.15, -0.1) is 5.10 Å². The van der Waals surface area contributed by atoms with Gasteiger partial charge in [0.05, 0.1) is 6.20 Å². The zero-order valence-corrected chi connectivity index (χ0v) is 10.8. The van der Waals surface area contributed by atoms with Crippen LogP contribution in [-0.4, -0.2) is 61.0 Å². The Bertz CT molecular complexity index is 462. The van der Waals surface area contributed by atoms with Gasteiger partial charge in [-0.05, 0) is 6.92 Å². The van der Waals surface area contributed by atoms with E-state index in [2.05, 4.69) is 10.3 Å². The standard InChI is InChI=1S/C10H14N4O3S/c1-7-6-18-3-2-14(7)9(15)5-13-4-8(10(16)17)11-12-13/h4,7H,2-3,5-6H2,1H3,(H,16,17). The maximum Gasteiger partial charge on any atom is 0.358 e. The lowest BCUT2D eigenvalue weighted by Crippen LogP contribution is -2.45. The number of aromatic nitrogens is 3. The van der Waals surface area contributed by atoms with E-state index in [1.54, 1.807) is 4.90 Å². The number of nitrogens with zero attached hydrogens (tertiary/aromatic N) is 4. The number of hydrogen-bond donors (Lipinski definition) is 1. The molecule has 1 aromatic rings. The molecule has 1 aromatic heterocycles. The topological polar surface area (TPSA) is 88.3 Å². The Morgan fingerprint density at radius 1 is 1.61 bits per heavy atom. The van der Waals surface area contributed by atoms with Gasteiger partial charge in [-0.1, -0.05) is 5.21 Å². The lowest BCUT2D eigenvalue weighted by Gasteiger charge is -2.32. The molecule has 7 nitrogen and oxygen atoms in total. The van der Waals surface area contributed by atoms with Gasteiger partial charge in [0, 0.05) is 24.1 Å². The number of thioether (sulfide) groups is 1. The summed E-state index contributed by atoms with van der Waals surface area (Å²) < 4.78 is 1.26. The van der Waals surface area contributed by atoms with Gasteiger partial charge in [-0.2, -0.15) is 11.8 Å². The van der Waals surface area contributed by atoms with E-state index in [0.29, 0.717) is 0 Å². The van der Waals surface area contributed by atoms with Crippen LogP contribution < -0.4 is 0 Å². The molecule has 1 amide bonds. The maximum absolute atomic E-state index is 12.0. The van der Waals surface area contributed by atoms with E-state index in [1.165, 1.54) is 10.9 Å². The van der Waals surface area contributed by atoms with Crippen LogP contribution in [0.25, 0.3) is 0 Å². The van der Waals surface area contributed by atoms with Crippen LogP contribution in [0.4, 0.5) is 0 Å². The summed E-state index contributed by atoms with van der Waals surface area (Å²) in [7, 11) is 0. The van der Waals surface area contributed by atoms with Crippen molar-refractivity contribution in [2.75, 3.05) is 18.1 Å². The van der Waals surface area contributed by atoms with Gasteiger partial charge >= 0.3 is 5.97 Å². The summed E-state index contributed by atoms with van der Waals surface area (Å²) in [5.74, 6) is 0.679. The van der Waals surface area contributed by atoms with Crippen LogP contribution in [0.15, 0.2) is 6.20 Å². The first kappa shape index (κ1) is 12.9. The molecule has 0 saturated carbocycles. The fourth-order valence-corrected chi connectivity index (χ4v) is 2.81. The van der Waals surface area contributed by atoms with Crippen molar-refractivity contribution in [2.45, 2.75) is 19.5 Å². The molecule has 1 unspecified atom stereocenters. The first-order valence-corrected chi connectivity index (χ1v) is 6.74. The molecule has 2 rings (SSSR count). The first-order valence-electron chi connectivity index (χ1n) is 5.58. The SMILES string of the molecule is CC1CSCCN1C(=O)Cn1cc(C(=O)O)nn1. The lowest BCUT2D eigenvalue weighted by atomic mass is 10.3. The van der Waals surface area contributed by atoms with Crippen molar-refractivity contribution in [1.29, 1.82) is 0 Å². The Labute approximate surface area is 108 Å². The monoisotopic (exact) mass is 270 g/mol. The third kappa shape index (κ3) is 2.81. The zero-order chi connectivity index (χ0) is 13.1. The van der Waals surface area contributed by atoms with Gasteiger partial charge in [0.25, 0.3) is 0 Å². The smallest absolute Gasteiger partial charge is 0.358 e. The summed E-state index contributed by atoms with van der Waals surface area (Å²) in [5, 5.41) is 15.8. The van der Waals surface area contributed by atoms with Crippen LogP contribution in [0.5, 0.6) is 0 Å². The molecule has 0 aliphatic carbocycles. The van der Waals surface area contributed by atoms with Gasteiger partial charge < -0.3 is 10.0 Å². The normalized spacial score (nSPS) is 19.8. The Balaban J connectivity index is 1.99. The zero-order valence-electron chi connectivity index (χ0n) is 9.94. The van der Waals surface area contributed by atoms with Gasteiger partial charge in [0.1, 0.15) is 6.54 Å². The number of hydrogen-bond acceptors (Lipinski definition) is 5. The highest BCUT2D eigenvalue weighted by molar-refractivity contribution is 7.99. The van der Waals surface area contributed by atoms with Crippen molar-refractivity contribution >= 4 is 23.6 Å². The number of aromatic carboxylic acids is 1. The average molecular weight is 270 g/mol. The molecule has 1 N–H and O–H groups in total. The van der Waals surface area contributed by atoms with E-state index in [4.69, 9.17) is 5.11 Å². The van der Waals surface area contributed by atoms with E-state index < -0.39 is 5.97 Å². The van der Waals surface area contributed by atoms with E-state index in [1.807, 2.05) is 18.7 Å². The van der Waals surface area contributed by atoms with Crippen molar-refractivity contribution in [3.63, 3.8) is 0 Å². The summed E-state index contributed by atoms with van der Waals surface area (Å²) in [5.41, 5.74) is -0.148. The van der Waals surface area contributed by atoms with Crippen molar-refractivity contribution < 1.29 is 14.7 Å². The van der Waals surface area contributed by atoms with Crippen LogP contribution in [0.1, 0.15) is 17.4 Å². The minimum Gasteiger partial charge on any atom is -0.476 e. The maximum atomic E-state index is 12.0. The largest absolute Gasteiger partial charge is 0.476 e. The summed E-state index contributed by atoms with van der Waals surface area (Å²) in [6, 6.07) is 0.207. The molecule has 1 saturated heterocycles. The molecule has 1 aliphatic rings.